The lowest BCUT2D eigenvalue weighted by atomic mass is 10.2. The lowest BCUT2D eigenvalue weighted by molar-refractivity contribution is -0.118. The largest absolute Gasteiger partial charge is 0.494 e. The quantitative estimate of drug-likeness (QED) is 0.384. The van der Waals surface area contributed by atoms with Gasteiger partial charge < -0.3 is 20.1 Å². The molecule has 0 saturated carbocycles. The molecule has 0 aliphatic rings. The summed E-state index contributed by atoms with van der Waals surface area (Å²) in [6.45, 7) is 5.23. The number of hydrogen-bond acceptors (Lipinski definition) is 6. The molecule has 0 bridgehead atoms. The van der Waals surface area contributed by atoms with Gasteiger partial charge in [-0.3, -0.25) is 19.1 Å². The molecule has 1 heterocycles. The van der Waals surface area contributed by atoms with E-state index in [1.807, 2.05) is 68.4 Å². The summed E-state index contributed by atoms with van der Waals surface area (Å²) >= 11 is 0. The highest BCUT2D eigenvalue weighted by atomic mass is 16.5. The van der Waals surface area contributed by atoms with Gasteiger partial charge in [-0.05, 0) is 49.6 Å². The van der Waals surface area contributed by atoms with Crippen LogP contribution in [0, 0.1) is 0 Å². The Morgan fingerprint density at radius 2 is 1.66 bits per heavy atom. The SMILES string of the molecule is CCCN(C(=O)CCCOc1ccc(OCC)cc1)c1c(N)n(Cc2ccccc2)c(=O)[nH]c1=O. The van der Waals surface area contributed by atoms with Crippen molar-refractivity contribution in [1.82, 2.24) is 9.55 Å². The molecule has 2 aromatic carbocycles. The summed E-state index contributed by atoms with van der Waals surface area (Å²) in [4.78, 5) is 41.9. The minimum atomic E-state index is -0.677. The van der Waals surface area contributed by atoms with E-state index < -0.39 is 11.2 Å². The zero-order chi connectivity index (χ0) is 25.2. The van der Waals surface area contributed by atoms with Crippen LogP contribution in [0.4, 0.5) is 11.5 Å². The number of anilines is 2. The van der Waals surface area contributed by atoms with Gasteiger partial charge in [-0.1, -0.05) is 37.3 Å². The van der Waals surface area contributed by atoms with Crippen LogP contribution in [0.25, 0.3) is 0 Å². The van der Waals surface area contributed by atoms with Crippen molar-refractivity contribution >= 4 is 17.4 Å². The Bertz CT molecular complexity index is 1220. The van der Waals surface area contributed by atoms with Crippen molar-refractivity contribution in [2.75, 3.05) is 30.4 Å². The van der Waals surface area contributed by atoms with Crippen LogP contribution in [-0.2, 0) is 11.3 Å². The molecule has 0 unspecified atom stereocenters. The monoisotopic (exact) mass is 480 g/mol. The number of nitrogens with two attached hydrogens (primary N) is 1. The summed E-state index contributed by atoms with van der Waals surface area (Å²) in [6.07, 6.45) is 1.23. The summed E-state index contributed by atoms with van der Waals surface area (Å²) < 4.78 is 12.4. The molecule has 0 fully saturated rings. The number of hydrogen-bond donors (Lipinski definition) is 2. The molecular formula is C26H32N4O5. The maximum absolute atomic E-state index is 13.1. The molecule has 9 nitrogen and oxygen atoms in total. The molecule has 1 amide bonds. The number of amides is 1. The van der Waals surface area contributed by atoms with E-state index in [-0.39, 0.29) is 30.4 Å². The predicted octanol–water partition coefficient (Wildman–Crippen LogP) is 3.17. The van der Waals surface area contributed by atoms with Crippen LogP contribution in [0.15, 0.2) is 64.2 Å². The van der Waals surface area contributed by atoms with Gasteiger partial charge >= 0.3 is 5.69 Å². The van der Waals surface area contributed by atoms with E-state index in [0.717, 1.165) is 11.3 Å². The second-order valence-corrected chi connectivity index (χ2v) is 7.97. The van der Waals surface area contributed by atoms with E-state index in [9.17, 15) is 14.4 Å². The van der Waals surface area contributed by atoms with Gasteiger partial charge in [-0.25, -0.2) is 4.79 Å². The number of rotatable bonds is 12. The molecule has 3 aromatic rings. The van der Waals surface area contributed by atoms with Crippen LogP contribution in [0.1, 0.15) is 38.7 Å². The zero-order valence-electron chi connectivity index (χ0n) is 20.2. The summed E-state index contributed by atoms with van der Waals surface area (Å²) in [5, 5.41) is 0. The molecule has 186 valence electrons. The maximum Gasteiger partial charge on any atom is 0.330 e. The van der Waals surface area contributed by atoms with Gasteiger partial charge in [0.2, 0.25) is 5.91 Å². The second kappa shape index (κ2) is 12.5. The fraction of sp³-hybridized carbons (Fsp3) is 0.346. The Labute approximate surface area is 204 Å². The number of carbonyl (C=O) groups is 1. The topological polar surface area (TPSA) is 120 Å². The predicted molar refractivity (Wildman–Crippen MR) is 136 cm³/mol. The van der Waals surface area contributed by atoms with Gasteiger partial charge in [0.05, 0.1) is 19.8 Å². The third-order valence-corrected chi connectivity index (χ3v) is 5.35. The number of nitrogens with zero attached hydrogens (tertiary/aromatic N) is 2. The molecule has 1 aromatic heterocycles. The molecule has 0 atom stereocenters. The Morgan fingerprint density at radius 1 is 1.00 bits per heavy atom. The molecule has 0 aliphatic carbocycles. The first kappa shape index (κ1) is 25.6. The lowest BCUT2D eigenvalue weighted by Gasteiger charge is -2.24. The van der Waals surface area contributed by atoms with Crippen molar-refractivity contribution in [1.29, 1.82) is 0 Å². The molecule has 0 aliphatic heterocycles. The number of carbonyl (C=O) groups excluding carboxylic acids is 1. The van der Waals surface area contributed by atoms with Crippen LogP contribution in [-0.4, -0.2) is 35.2 Å². The van der Waals surface area contributed by atoms with Crippen LogP contribution < -0.4 is 31.4 Å². The van der Waals surface area contributed by atoms with Crippen molar-refractivity contribution < 1.29 is 14.3 Å². The fourth-order valence-electron chi connectivity index (χ4n) is 3.69. The van der Waals surface area contributed by atoms with Gasteiger partial charge in [-0.2, -0.15) is 0 Å². The molecule has 0 saturated heterocycles. The molecule has 0 radical (unpaired) electrons. The number of nitrogens with one attached hydrogen (secondary N) is 1. The molecule has 9 heteroatoms. The van der Waals surface area contributed by atoms with Gasteiger partial charge in [0, 0.05) is 13.0 Å². The first-order chi connectivity index (χ1) is 16.9. The molecule has 3 N–H and O–H groups in total. The van der Waals surface area contributed by atoms with Crippen molar-refractivity contribution in [3.8, 4) is 11.5 Å². The van der Waals surface area contributed by atoms with Crippen LogP contribution in [0.3, 0.4) is 0 Å². The number of benzene rings is 2. The van der Waals surface area contributed by atoms with E-state index >= 15 is 0 Å². The molecule has 3 rings (SSSR count). The summed E-state index contributed by atoms with van der Waals surface area (Å²) in [5.74, 6) is 1.15. The minimum absolute atomic E-state index is 0.000174. The highest BCUT2D eigenvalue weighted by Crippen LogP contribution is 2.20. The first-order valence-electron chi connectivity index (χ1n) is 11.8. The van der Waals surface area contributed by atoms with Crippen molar-refractivity contribution in [2.45, 2.75) is 39.7 Å². The highest BCUT2D eigenvalue weighted by Gasteiger charge is 2.23. The third kappa shape index (κ3) is 6.75. The lowest BCUT2D eigenvalue weighted by Crippen LogP contribution is -2.41. The van der Waals surface area contributed by atoms with E-state index in [1.54, 1.807) is 0 Å². The zero-order valence-corrected chi connectivity index (χ0v) is 20.2. The average molecular weight is 481 g/mol. The summed E-state index contributed by atoms with van der Waals surface area (Å²) in [7, 11) is 0. The fourth-order valence-corrected chi connectivity index (χ4v) is 3.69. The van der Waals surface area contributed by atoms with Gasteiger partial charge in [0.15, 0.2) is 5.69 Å². The minimum Gasteiger partial charge on any atom is -0.494 e. The van der Waals surface area contributed by atoms with Crippen molar-refractivity contribution in [3.05, 3.63) is 81.0 Å². The third-order valence-electron chi connectivity index (χ3n) is 5.35. The molecule has 0 spiro atoms. The standard InChI is InChI=1S/C26H32N4O5/c1-3-16-29(22(31)11-8-17-35-21-14-12-20(13-15-21)34-4-2)23-24(27)30(26(33)28-25(23)32)18-19-9-6-5-7-10-19/h5-7,9-10,12-15H,3-4,8,11,16-18,27H2,1-2H3,(H,28,32,33). The summed E-state index contributed by atoms with van der Waals surface area (Å²) in [5.41, 5.74) is 5.83. The smallest absolute Gasteiger partial charge is 0.330 e. The van der Waals surface area contributed by atoms with E-state index in [4.69, 9.17) is 15.2 Å². The van der Waals surface area contributed by atoms with Gasteiger partial charge in [-0.15, -0.1) is 0 Å². The second-order valence-electron chi connectivity index (χ2n) is 7.97. The normalized spacial score (nSPS) is 10.7. The van der Waals surface area contributed by atoms with E-state index in [2.05, 4.69) is 4.98 Å². The Balaban J connectivity index is 1.71. The van der Waals surface area contributed by atoms with Crippen molar-refractivity contribution in [3.63, 3.8) is 0 Å². The Hall–Kier alpha value is -4.01. The number of ether oxygens (including phenoxy) is 2. The number of aromatic nitrogens is 2. The van der Waals surface area contributed by atoms with Gasteiger partial charge in [0.25, 0.3) is 5.56 Å². The molecule has 35 heavy (non-hydrogen) atoms. The Kier molecular flexibility index (Phi) is 9.11. The maximum atomic E-state index is 13.1. The Morgan fingerprint density at radius 3 is 2.29 bits per heavy atom. The average Bonchev–Trinajstić information content (AvgIpc) is 2.85. The highest BCUT2D eigenvalue weighted by molar-refractivity contribution is 5.95. The number of nitrogen functional groups attached to an aromatic ring is 1. The first-order valence-corrected chi connectivity index (χ1v) is 11.8. The number of H-pyrrole nitrogens is 1. The van der Waals surface area contributed by atoms with Crippen LogP contribution in [0.5, 0.6) is 11.5 Å². The van der Waals surface area contributed by atoms with E-state index in [1.165, 1.54) is 9.47 Å². The van der Waals surface area contributed by atoms with Crippen LogP contribution in [0.2, 0.25) is 0 Å². The van der Waals surface area contributed by atoms with Crippen LogP contribution >= 0.6 is 0 Å². The van der Waals surface area contributed by atoms with Gasteiger partial charge in [0.1, 0.15) is 17.3 Å². The van der Waals surface area contributed by atoms with Crippen molar-refractivity contribution in [2.24, 2.45) is 0 Å². The number of aromatic amines is 1. The van der Waals surface area contributed by atoms with E-state index in [0.29, 0.717) is 38.3 Å². The summed E-state index contributed by atoms with van der Waals surface area (Å²) in [6, 6.07) is 16.6. The molecular weight excluding hydrogens is 448 g/mol.